The van der Waals surface area contributed by atoms with E-state index >= 15 is 0 Å². The van der Waals surface area contributed by atoms with E-state index in [0.717, 1.165) is 6.42 Å². The van der Waals surface area contributed by atoms with Gasteiger partial charge in [-0.05, 0) is 19.3 Å². The number of rotatable bonds is 5. The van der Waals surface area contributed by atoms with Crippen LogP contribution >= 0.6 is 0 Å². The zero-order valence-corrected chi connectivity index (χ0v) is 9.87. The third kappa shape index (κ3) is 3.17. The summed E-state index contributed by atoms with van der Waals surface area (Å²) in [6.45, 7) is 3.41. The number of hydrogen-bond donors (Lipinski definition) is 3. The van der Waals surface area contributed by atoms with Crippen LogP contribution in [0.2, 0.25) is 0 Å². The molecule has 1 unspecified atom stereocenters. The number of aliphatic hydroxyl groups is 1. The van der Waals surface area contributed by atoms with E-state index in [1.807, 2.05) is 6.92 Å². The SMILES string of the molecule is CCC(CN)C(=O)NC1(CO)CCOCC1. The van der Waals surface area contributed by atoms with Gasteiger partial charge in [0.25, 0.3) is 0 Å². The molecule has 5 nitrogen and oxygen atoms in total. The van der Waals surface area contributed by atoms with Crippen LogP contribution in [-0.2, 0) is 9.53 Å². The lowest BCUT2D eigenvalue weighted by Gasteiger charge is -2.37. The molecular formula is C11H22N2O3. The van der Waals surface area contributed by atoms with Crippen LogP contribution in [0.3, 0.4) is 0 Å². The first-order valence-corrected chi connectivity index (χ1v) is 5.88. The smallest absolute Gasteiger partial charge is 0.224 e. The maximum absolute atomic E-state index is 11.9. The average Bonchev–Trinajstić information content (AvgIpc) is 2.32. The molecule has 16 heavy (non-hydrogen) atoms. The Kier molecular flexibility index (Phi) is 5.18. The van der Waals surface area contributed by atoms with E-state index < -0.39 is 5.54 Å². The largest absolute Gasteiger partial charge is 0.394 e. The van der Waals surface area contributed by atoms with Crippen LogP contribution in [-0.4, -0.2) is 42.9 Å². The number of amides is 1. The number of carbonyl (C=O) groups excluding carboxylic acids is 1. The Bertz CT molecular complexity index is 223. The molecule has 0 aromatic carbocycles. The van der Waals surface area contributed by atoms with Gasteiger partial charge in [0.1, 0.15) is 0 Å². The van der Waals surface area contributed by atoms with E-state index in [1.165, 1.54) is 0 Å². The van der Waals surface area contributed by atoms with Crippen molar-refractivity contribution in [2.45, 2.75) is 31.7 Å². The molecule has 4 N–H and O–H groups in total. The monoisotopic (exact) mass is 230 g/mol. The third-order valence-electron chi connectivity index (χ3n) is 3.29. The fraction of sp³-hybridized carbons (Fsp3) is 0.909. The molecule has 5 heteroatoms. The van der Waals surface area contributed by atoms with Crippen LogP contribution in [0, 0.1) is 5.92 Å². The minimum Gasteiger partial charge on any atom is -0.394 e. The van der Waals surface area contributed by atoms with Crippen molar-refractivity contribution in [2.24, 2.45) is 11.7 Å². The minimum absolute atomic E-state index is 0.0386. The highest BCUT2D eigenvalue weighted by Gasteiger charge is 2.34. The van der Waals surface area contributed by atoms with E-state index in [0.29, 0.717) is 32.6 Å². The maximum atomic E-state index is 11.9. The lowest BCUT2D eigenvalue weighted by Crippen LogP contribution is -2.56. The quantitative estimate of drug-likeness (QED) is 0.601. The van der Waals surface area contributed by atoms with Gasteiger partial charge in [0, 0.05) is 25.7 Å². The van der Waals surface area contributed by atoms with Gasteiger partial charge in [-0.15, -0.1) is 0 Å². The topological polar surface area (TPSA) is 84.6 Å². The summed E-state index contributed by atoms with van der Waals surface area (Å²) in [5, 5.41) is 12.4. The summed E-state index contributed by atoms with van der Waals surface area (Å²) in [4.78, 5) is 11.9. The van der Waals surface area contributed by atoms with Crippen molar-refractivity contribution in [3.63, 3.8) is 0 Å². The maximum Gasteiger partial charge on any atom is 0.224 e. The molecular weight excluding hydrogens is 208 g/mol. The van der Waals surface area contributed by atoms with Crippen molar-refractivity contribution >= 4 is 5.91 Å². The van der Waals surface area contributed by atoms with Crippen molar-refractivity contribution in [1.29, 1.82) is 0 Å². The Labute approximate surface area is 96.3 Å². The van der Waals surface area contributed by atoms with Crippen LogP contribution in [0.15, 0.2) is 0 Å². The summed E-state index contributed by atoms with van der Waals surface area (Å²) >= 11 is 0. The number of nitrogens with one attached hydrogen (secondary N) is 1. The molecule has 1 rings (SSSR count). The van der Waals surface area contributed by atoms with Gasteiger partial charge in [-0.25, -0.2) is 0 Å². The van der Waals surface area contributed by atoms with Crippen molar-refractivity contribution in [3.8, 4) is 0 Å². The first-order valence-electron chi connectivity index (χ1n) is 5.88. The molecule has 0 aliphatic carbocycles. The Morgan fingerprint density at radius 1 is 1.56 bits per heavy atom. The molecule has 1 saturated heterocycles. The summed E-state index contributed by atoms with van der Waals surface area (Å²) in [5.41, 5.74) is 5.02. The highest BCUT2D eigenvalue weighted by Crippen LogP contribution is 2.20. The first-order chi connectivity index (χ1) is 7.67. The first kappa shape index (κ1) is 13.4. The minimum atomic E-state index is -0.502. The van der Waals surface area contributed by atoms with E-state index in [1.54, 1.807) is 0 Å². The van der Waals surface area contributed by atoms with Gasteiger partial charge >= 0.3 is 0 Å². The second-order valence-corrected chi connectivity index (χ2v) is 4.38. The zero-order valence-electron chi connectivity index (χ0n) is 9.87. The normalized spacial score (nSPS) is 21.4. The van der Waals surface area contributed by atoms with Crippen LogP contribution in [0.5, 0.6) is 0 Å². The van der Waals surface area contributed by atoms with E-state index in [-0.39, 0.29) is 18.4 Å². The summed E-state index contributed by atoms with van der Waals surface area (Å²) < 4.78 is 5.23. The number of aliphatic hydroxyl groups excluding tert-OH is 1. The van der Waals surface area contributed by atoms with Gasteiger partial charge in [0.05, 0.1) is 12.1 Å². The Hall–Kier alpha value is -0.650. The van der Waals surface area contributed by atoms with Crippen LogP contribution in [0.4, 0.5) is 0 Å². The third-order valence-corrected chi connectivity index (χ3v) is 3.29. The molecule has 1 aliphatic heterocycles. The predicted molar refractivity (Wildman–Crippen MR) is 60.8 cm³/mol. The van der Waals surface area contributed by atoms with Crippen LogP contribution in [0.1, 0.15) is 26.2 Å². The van der Waals surface area contributed by atoms with Gasteiger partial charge in [-0.2, -0.15) is 0 Å². The van der Waals surface area contributed by atoms with Crippen molar-refractivity contribution < 1.29 is 14.6 Å². The molecule has 0 radical (unpaired) electrons. The number of hydrogen-bond acceptors (Lipinski definition) is 4. The molecule has 1 fully saturated rings. The van der Waals surface area contributed by atoms with Gasteiger partial charge in [0.2, 0.25) is 5.91 Å². The summed E-state index contributed by atoms with van der Waals surface area (Å²) in [6, 6.07) is 0. The van der Waals surface area contributed by atoms with E-state index in [2.05, 4.69) is 5.32 Å². The van der Waals surface area contributed by atoms with Crippen LogP contribution < -0.4 is 11.1 Å². The highest BCUT2D eigenvalue weighted by molar-refractivity contribution is 5.79. The highest BCUT2D eigenvalue weighted by atomic mass is 16.5. The van der Waals surface area contributed by atoms with E-state index in [9.17, 15) is 9.90 Å². The van der Waals surface area contributed by atoms with Crippen molar-refractivity contribution in [2.75, 3.05) is 26.4 Å². The summed E-state index contributed by atoms with van der Waals surface area (Å²) in [7, 11) is 0. The number of carbonyl (C=O) groups is 1. The Morgan fingerprint density at radius 3 is 2.62 bits per heavy atom. The number of nitrogens with two attached hydrogens (primary N) is 1. The van der Waals surface area contributed by atoms with Gasteiger partial charge in [-0.3, -0.25) is 4.79 Å². The fourth-order valence-electron chi connectivity index (χ4n) is 1.91. The molecule has 1 atom stereocenters. The molecule has 1 heterocycles. The fourth-order valence-corrected chi connectivity index (χ4v) is 1.91. The zero-order chi connectivity index (χ0) is 12.0. The summed E-state index contributed by atoms with van der Waals surface area (Å²) in [6.07, 6.45) is 2.05. The summed E-state index contributed by atoms with van der Waals surface area (Å²) in [5.74, 6) is -0.216. The molecule has 0 spiro atoms. The lowest BCUT2D eigenvalue weighted by atomic mass is 9.90. The molecule has 0 aromatic heterocycles. The van der Waals surface area contributed by atoms with Gasteiger partial charge < -0.3 is 20.9 Å². The van der Waals surface area contributed by atoms with E-state index in [4.69, 9.17) is 10.5 Å². The van der Waals surface area contributed by atoms with Gasteiger partial charge in [0.15, 0.2) is 0 Å². The van der Waals surface area contributed by atoms with Crippen molar-refractivity contribution in [1.82, 2.24) is 5.32 Å². The average molecular weight is 230 g/mol. The number of ether oxygens (including phenoxy) is 1. The Balaban J connectivity index is 2.57. The standard InChI is InChI=1S/C11H22N2O3/c1-2-9(7-12)10(15)13-11(8-14)3-5-16-6-4-11/h9,14H,2-8,12H2,1H3,(H,13,15). The Morgan fingerprint density at radius 2 is 2.19 bits per heavy atom. The van der Waals surface area contributed by atoms with Gasteiger partial charge in [-0.1, -0.05) is 6.92 Å². The molecule has 0 bridgehead atoms. The predicted octanol–water partition coefficient (Wildman–Crippen LogP) is -0.371. The molecule has 1 amide bonds. The molecule has 0 saturated carbocycles. The second-order valence-electron chi connectivity index (χ2n) is 4.38. The lowest BCUT2D eigenvalue weighted by molar-refractivity contribution is -0.129. The molecule has 94 valence electrons. The van der Waals surface area contributed by atoms with Crippen LogP contribution in [0.25, 0.3) is 0 Å². The van der Waals surface area contributed by atoms with Crippen molar-refractivity contribution in [3.05, 3.63) is 0 Å². The molecule has 1 aliphatic rings. The second kappa shape index (κ2) is 6.18. The molecule has 0 aromatic rings.